The second-order valence-corrected chi connectivity index (χ2v) is 20.0. The third-order valence-electron chi connectivity index (χ3n) is 12.9. The van der Waals surface area contributed by atoms with Crippen molar-refractivity contribution in [1.29, 1.82) is 0 Å². The number of aliphatic hydroxyl groups is 1. The Hall–Kier alpha value is -7.30. The third kappa shape index (κ3) is 23.2. The van der Waals surface area contributed by atoms with E-state index in [-0.39, 0.29) is 77.2 Å². The second kappa shape index (κ2) is 35.3. The van der Waals surface area contributed by atoms with Gasteiger partial charge < -0.3 is 91.0 Å². The maximum atomic E-state index is 14.3. The lowest BCUT2D eigenvalue weighted by molar-refractivity contribution is -0.136. The Morgan fingerprint density at radius 2 is 0.950 bits per heavy atom. The molecule has 0 aromatic heterocycles. The zero-order chi connectivity index (χ0) is 59.3. The Labute approximate surface area is 467 Å². The number of aliphatic hydroxyl groups excluding tert-OH is 1. The molecule has 27 heteroatoms. The van der Waals surface area contributed by atoms with Crippen LogP contribution in [0.4, 0.5) is 5.69 Å². The van der Waals surface area contributed by atoms with Crippen LogP contribution in [0.5, 0.6) is 0 Å². The van der Waals surface area contributed by atoms with Crippen LogP contribution < -0.4 is 81.0 Å². The number of hydrogen-bond donors (Lipinski definition) is 15. The zero-order valence-electron chi connectivity index (χ0n) is 46.6. The van der Waals surface area contributed by atoms with Crippen molar-refractivity contribution in [2.75, 3.05) is 83.9 Å². The molecule has 0 aliphatic carbocycles. The predicted molar refractivity (Wildman–Crippen MR) is 300 cm³/mol. The molecule has 27 nitrogen and oxygen atoms in total. The number of anilines is 1. The van der Waals surface area contributed by atoms with Crippen molar-refractivity contribution in [3.63, 3.8) is 0 Å². The lowest BCUT2D eigenvalue weighted by Gasteiger charge is -2.34. The SMILES string of the molecule is CCNC(=O)C(NC(=O)[C@H](CCN)NC(=O)[C@H](CCN)NC(=O)[C@H](CC(C)C)NC(=O)[C@@H](Cc1ccccc1)NC(=O)[C@H](CCN)NC(=O)CNC(=O)[C@H](CCN)NC(=O)CNC(=O)c1ccc(N2CCN(C)CC2)cc1)C(C)O. The van der Waals surface area contributed by atoms with E-state index in [1.165, 1.54) is 6.92 Å². The molecule has 0 radical (unpaired) electrons. The van der Waals surface area contributed by atoms with Crippen molar-refractivity contribution in [3.05, 3.63) is 65.7 Å². The van der Waals surface area contributed by atoms with Crippen LogP contribution >= 0.6 is 0 Å². The third-order valence-corrected chi connectivity index (χ3v) is 12.9. The summed E-state index contributed by atoms with van der Waals surface area (Å²) < 4.78 is 0. The van der Waals surface area contributed by atoms with Gasteiger partial charge in [0.2, 0.25) is 53.2 Å². The Balaban J connectivity index is 1.68. The highest BCUT2D eigenvalue weighted by molar-refractivity contribution is 5.99. The maximum Gasteiger partial charge on any atom is 0.251 e. The molecular formula is C53H86N16O11. The number of piperazine rings is 1. The van der Waals surface area contributed by atoms with Crippen LogP contribution in [-0.2, 0) is 49.6 Å². The van der Waals surface area contributed by atoms with Gasteiger partial charge in [-0.15, -0.1) is 0 Å². The maximum absolute atomic E-state index is 14.3. The molecule has 1 heterocycles. The molecule has 444 valence electrons. The van der Waals surface area contributed by atoms with Gasteiger partial charge in [-0.3, -0.25) is 47.9 Å². The summed E-state index contributed by atoms with van der Waals surface area (Å²) >= 11 is 0. The van der Waals surface area contributed by atoms with Gasteiger partial charge in [-0.05, 0) is 115 Å². The molecule has 1 fully saturated rings. The van der Waals surface area contributed by atoms with E-state index in [2.05, 4.69) is 70.0 Å². The summed E-state index contributed by atoms with van der Waals surface area (Å²) in [5.74, 6) is -7.65. The predicted octanol–water partition coefficient (Wildman–Crippen LogP) is -5.12. The number of hydrogen-bond acceptors (Lipinski definition) is 17. The van der Waals surface area contributed by atoms with Gasteiger partial charge >= 0.3 is 0 Å². The van der Waals surface area contributed by atoms with Crippen molar-refractivity contribution in [1.82, 2.24) is 58.1 Å². The molecule has 0 spiro atoms. The number of carbonyl (C=O) groups is 10. The molecule has 2 aromatic rings. The minimum atomic E-state index is -1.35. The van der Waals surface area contributed by atoms with Crippen molar-refractivity contribution in [2.45, 2.75) is 115 Å². The Kier molecular flexibility index (Phi) is 29.6. The van der Waals surface area contributed by atoms with Gasteiger partial charge in [0.15, 0.2) is 0 Å². The highest BCUT2D eigenvalue weighted by Gasteiger charge is 2.35. The van der Waals surface area contributed by atoms with Crippen molar-refractivity contribution >= 4 is 64.8 Å². The fourth-order valence-corrected chi connectivity index (χ4v) is 8.47. The number of carbonyl (C=O) groups excluding carboxylic acids is 10. The molecule has 1 aliphatic rings. The molecule has 1 aliphatic heterocycles. The minimum absolute atomic E-state index is 0.0158. The largest absolute Gasteiger partial charge is 0.391 e. The summed E-state index contributed by atoms with van der Waals surface area (Å²) in [7, 11) is 2.06. The molecule has 3 rings (SSSR count). The van der Waals surface area contributed by atoms with Crippen LogP contribution in [0.15, 0.2) is 54.6 Å². The van der Waals surface area contributed by atoms with Gasteiger partial charge in [0, 0.05) is 50.4 Å². The van der Waals surface area contributed by atoms with Crippen molar-refractivity contribution in [2.24, 2.45) is 28.9 Å². The molecule has 8 atom stereocenters. The van der Waals surface area contributed by atoms with E-state index < -0.39 is 121 Å². The van der Waals surface area contributed by atoms with Crippen molar-refractivity contribution in [3.8, 4) is 0 Å². The lowest BCUT2D eigenvalue weighted by atomic mass is 10.00. The lowest BCUT2D eigenvalue weighted by Crippen LogP contribution is -2.61. The highest BCUT2D eigenvalue weighted by atomic mass is 16.3. The van der Waals surface area contributed by atoms with Gasteiger partial charge in [0.25, 0.3) is 5.91 Å². The number of nitrogens with one attached hydrogen (secondary N) is 10. The second-order valence-electron chi connectivity index (χ2n) is 20.0. The quantitative estimate of drug-likeness (QED) is 0.0312. The minimum Gasteiger partial charge on any atom is -0.391 e. The number of amides is 10. The van der Waals surface area contributed by atoms with Crippen LogP contribution in [0, 0.1) is 5.92 Å². The molecule has 19 N–H and O–H groups in total. The number of nitrogens with zero attached hydrogens (tertiary/aromatic N) is 2. The summed E-state index contributed by atoms with van der Waals surface area (Å²) in [6, 6.07) is 6.60. The van der Waals surface area contributed by atoms with Gasteiger partial charge in [-0.1, -0.05) is 44.2 Å². The molecular weight excluding hydrogens is 1040 g/mol. The van der Waals surface area contributed by atoms with Gasteiger partial charge in [-0.25, -0.2) is 0 Å². The summed E-state index contributed by atoms with van der Waals surface area (Å²) in [4.78, 5) is 139. The van der Waals surface area contributed by atoms with Crippen LogP contribution in [0.2, 0.25) is 0 Å². The summed E-state index contributed by atoms with van der Waals surface area (Å²) in [6.45, 7) is 9.00. The standard InChI is InChI=1S/C53H86N16O11/c1-6-58-53(80)45(33(4)70)67-50(77)40(19-23-57)63-49(76)39(18-22-56)64-51(78)41(28-32(2)3)65-52(79)42(29-34-10-8-7-9-11-34)66-48(75)38(17-21-55)62-44(72)31-60-47(74)37(16-20-54)61-43(71)30-59-46(73)35-12-14-36(15-13-35)69-26-24-68(5)25-27-69/h7-15,32-33,37-42,45,70H,6,16-31,54-57H2,1-5H3,(H,58,80)(H,59,73)(H,60,74)(H,61,71)(H,62,72)(H,63,76)(H,64,78)(H,65,79)(H,66,75)(H,67,77)/t33?,37-,38-,39-,40-,41-,42+,45?/m0/s1. The summed E-state index contributed by atoms with van der Waals surface area (Å²) in [5.41, 5.74) is 25.1. The van der Waals surface area contributed by atoms with Crippen LogP contribution in [0.3, 0.4) is 0 Å². The molecule has 1 saturated heterocycles. The molecule has 10 amide bonds. The summed E-state index contributed by atoms with van der Waals surface area (Å²) in [5, 5.41) is 35.8. The molecule has 2 aromatic carbocycles. The first-order valence-corrected chi connectivity index (χ1v) is 27.1. The Morgan fingerprint density at radius 3 is 1.44 bits per heavy atom. The first-order chi connectivity index (χ1) is 38.1. The fourth-order valence-electron chi connectivity index (χ4n) is 8.47. The fraction of sp³-hybridized carbons (Fsp3) is 0.585. The Morgan fingerprint density at radius 1 is 0.512 bits per heavy atom. The van der Waals surface area contributed by atoms with Gasteiger partial charge in [-0.2, -0.15) is 0 Å². The molecule has 80 heavy (non-hydrogen) atoms. The number of nitrogens with two attached hydrogens (primary N) is 4. The Bertz CT molecular complexity index is 2340. The van der Waals surface area contributed by atoms with Crippen LogP contribution in [-0.4, -0.2) is 197 Å². The summed E-state index contributed by atoms with van der Waals surface area (Å²) in [6.07, 6.45) is -1.60. The van der Waals surface area contributed by atoms with E-state index in [0.717, 1.165) is 31.9 Å². The van der Waals surface area contributed by atoms with E-state index in [1.54, 1.807) is 63.2 Å². The average molecular weight is 1120 g/mol. The van der Waals surface area contributed by atoms with Gasteiger partial charge in [0.1, 0.15) is 42.3 Å². The first kappa shape index (κ1) is 67.0. The van der Waals surface area contributed by atoms with E-state index in [0.29, 0.717) is 11.1 Å². The van der Waals surface area contributed by atoms with Crippen molar-refractivity contribution < 1.29 is 53.1 Å². The van der Waals surface area contributed by atoms with E-state index in [9.17, 15) is 53.1 Å². The van der Waals surface area contributed by atoms with Crippen LogP contribution in [0.25, 0.3) is 0 Å². The van der Waals surface area contributed by atoms with E-state index in [4.69, 9.17) is 22.9 Å². The average Bonchev–Trinajstić information content (AvgIpc) is 3.42. The zero-order valence-corrected chi connectivity index (χ0v) is 46.6. The number of rotatable bonds is 34. The van der Waals surface area contributed by atoms with Crippen LogP contribution in [0.1, 0.15) is 75.7 Å². The number of likely N-dealkylation sites (N-methyl/N-ethyl adjacent to an activating group) is 2. The normalized spacial score (nSPS) is 15.5. The molecule has 0 bridgehead atoms. The topological polar surface area (TPSA) is 422 Å². The molecule has 0 saturated carbocycles. The monoisotopic (exact) mass is 1120 g/mol. The van der Waals surface area contributed by atoms with Gasteiger partial charge in [0.05, 0.1) is 19.2 Å². The number of benzene rings is 2. The van der Waals surface area contributed by atoms with E-state index in [1.807, 2.05) is 12.1 Å². The molecule has 2 unspecified atom stereocenters. The first-order valence-electron chi connectivity index (χ1n) is 27.1. The highest BCUT2D eigenvalue weighted by Crippen LogP contribution is 2.17. The van der Waals surface area contributed by atoms with E-state index >= 15 is 0 Å². The smallest absolute Gasteiger partial charge is 0.251 e.